The molecule has 0 spiro atoms. The molecule has 1 aromatic rings. The molecule has 0 fully saturated rings. The number of carbonyl (C=O) groups is 1. The standard InChI is InChI=1S/C16H20N2O3/c1-12-7-6-10-15(21-12)13(2)17-18-16(19)20-11-14-8-4-3-5-9-14/h3-9,12,15H,10-11H2,1-2H3,(H,18,19). The fourth-order valence-electron chi connectivity index (χ4n) is 1.98. The van der Waals surface area contributed by atoms with Gasteiger partial charge < -0.3 is 9.47 Å². The van der Waals surface area contributed by atoms with Crippen molar-refractivity contribution in [3.05, 3.63) is 48.0 Å². The molecule has 0 bridgehead atoms. The fraction of sp³-hybridized carbons (Fsp3) is 0.375. The molecule has 1 amide bonds. The van der Waals surface area contributed by atoms with Crippen LogP contribution in [-0.4, -0.2) is 24.0 Å². The van der Waals surface area contributed by atoms with E-state index in [1.807, 2.05) is 50.3 Å². The van der Waals surface area contributed by atoms with Crippen molar-refractivity contribution in [1.29, 1.82) is 0 Å². The van der Waals surface area contributed by atoms with Gasteiger partial charge in [0.2, 0.25) is 0 Å². The summed E-state index contributed by atoms with van der Waals surface area (Å²) in [5, 5.41) is 4.03. The van der Waals surface area contributed by atoms with Gasteiger partial charge in [0.05, 0.1) is 11.8 Å². The summed E-state index contributed by atoms with van der Waals surface area (Å²) >= 11 is 0. The smallest absolute Gasteiger partial charge is 0.428 e. The zero-order valence-electron chi connectivity index (χ0n) is 12.3. The minimum atomic E-state index is -0.572. The molecule has 0 aromatic heterocycles. The van der Waals surface area contributed by atoms with Crippen LogP contribution >= 0.6 is 0 Å². The minimum absolute atomic E-state index is 0.0685. The zero-order chi connectivity index (χ0) is 15.1. The predicted molar refractivity (Wildman–Crippen MR) is 81.0 cm³/mol. The van der Waals surface area contributed by atoms with Crippen LogP contribution in [0.4, 0.5) is 4.79 Å². The third-order valence-corrected chi connectivity index (χ3v) is 3.14. The van der Waals surface area contributed by atoms with E-state index >= 15 is 0 Å². The molecule has 0 aliphatic carbocycles. The van der Waals surface area contributed by atoms with Gasteiger partial charge in [0.1, 0.15) is 12.7 Å². The summed E-state index contributed by atoms with van der Waals surface area (Å²) in [6.07, 6.45) is 4.23. The van der Waals surface area contributed by atoms with E-state index in [-0.39, 0.29) is 18.8 Å². The van der Waals surface area contributed by atoms with Gasteiger partial charge in [-0.25, -0.2) is 10.2 Å². The van der Waals surface area contributed by atoms with Gasteiger partial charge in [0, 0.05) is 0 Å². The molecular weight excluding hydrogens is 268 g/mol. The summed E-state index contributed by atoms with van der Waals surface area (Å²) in [6, 6.07) is 9.50. The van der Waals surface area contributed by atoms with E-state index in [9.17, 15) is 4.79 Å². The first kappa shape index (κ1) is 15.3. The van der Waals surface area contributed by atoms with Gasteiger partial charge in [-0.05, 0) is 25.8 Å². The lowest BCUT2D eigenvalue weighted by molar-refractivity contribution is 0.0556. The van der Waals surface area contributed by atoms with Crippen LogP contribution in [0.15, 0.2) is 47.6 Å². The molecule has 21 heavy (non-hydrogen) atoms. The van der Waals surface area contributed by atoms with Crippen molar-refractivity contribution in [1.82, 2.24) is 5.43 Å². The maximum absolute atomic E-state index is 11.6. The Hall–Kier alpha value is -2.14. The molecule has 2 unspecified atom stereocenters. The third-order valence-electron chi connectivity index (χ3n) is 3.14. The molecule has 112 valence electrons. The van der Waals surface area contributed by atoms with E-state index in [2.05, 4.69) is 16.6 Å². The first-order valence-corrected chi connectivity index (χ1v) is 6.98. The van der Waals surface area contributed by atoms with Crippen LogP contribution in [0.5, 0.6) is 0 Å². The van der Waals surface area contributed by atoms with E-state index in [0.717, 1.165) is 17.7 Å². The van der Waals surface area contributed by atoms with Gasteiger partial charge in [-0.15, -0.1) is 0 Å². The Morgan fingerprint density at radius 2 is 2.19 bits per heavy atom. The molecule has 1 aromatic carbocycles. The lowest BCUT2D eigenvalue weighted by atomic mass is 10.1. The van der Waals surface area contributed by atoms with Crippen LogP contribution in [0.25, 0.3) is 0 Å². The molecule has 0 radical (unpaired) electrons. The molecule has 5 nitrogen and oxygen atoms in total. The van der Waals surface area contributed by atoms with Crippen molar-refractivity contribution in [2.24, 2.45) is 5.10 Å². The van der Waals surface area contributed by atoms with Crippen molar-refractivity contribution < 1.29 is 14.3 Å². The Morgan fingerprint density at radius 1 is 1.43 bits per heavy atom. The number of hydrogen-bond donors (Lipinski definition) is 1. The van der Waals surface area contributed by atoms with E-state index < -0.39 is 6.09 Å². The highest BCUT2D eigenvalue weighted by Gasteiger charge is 2.18. The Kier molecular flexibility index (Phi) is 5.51. The molecule has 0 saturated heterocycles. The summed E-state index contributed by atoms with van der Waals surface area (Å²) in [5.74, 6) is 0. The predicted octanol–water partition coefficient (Wildman–Crippen LogP) is 3.02. The molecule has 0 saturated carbocycles. The number of rotatable bonds is 4. The second kappa shape index (κ2) is 7.59. The Bertz CT molecular complexity index is 526. The first-order chi connectivity index (χ1) is 10.1. The van der Waals surface area contributed by atoms with Crippen molar-refractivity contribution in [2.45, 2.75) is 39.1 Å². The Morgan fingerprint density at radius 3 is 2.90 bits per heavy atom. The molecular formula is C16H20N2O3. The van der Waals surface area contributed by atoms with Crippen molar-refractivity contribution in [2.75, 3.05) is 0 Å². The molecule has 5 heteroatoms. The second-order valence-electron chi connectivity index (χ2n) is 4.92. The monoisotopic (exact) mass is 288 g/mol. The lowest BCUT2D eigenvalue weighted by Gasteiger charge is -2.23. The number of hydrogen-bond acceptors (Lipinski definition) is 4. The number of nitrogens with one attached hydrogen (secondary N) is 1. The lowest BCUT2D eigenvalue weighted by Crippen LogP contribution is -2.30. The van der Waals surface area contributed by atoms with Crippen molar-refractivity contribution in [3.63, 3.8) is 0 Å². The first-order valence-electron chi connectivity index (χ1n) is 6.98. The third kappa shape index (κ3) is 5.04. The van der Waals surface area contributed by atoms with Gasteiger partial charge in [0.15, 0.2) is 0 Å². The Labute approximate surface area is 124 Å². The highest BCUT2D eigenvalue weighted by molar-refractivity contribution is 5.87. The summed E-state index contributed by atoms with van der Waals surface area (Å²) in [4.78, 5) is 11.6. The van der Waals surface area contributed by atoms with Crippen LogP contribution in [0.3, 0.4) is 0 Å². The van der Waals surface area contributed by atoms with Gasteiger partial charge >= 0.3 is 6.09 Å². The summed E-state index contributed by atoms with van der Waals surface area (Å²) in [5.41, 5.74) is 4.05. The number of benzene rings is 1. The van der Waals surface area contributed by atoms with Crippen LogP contribution in [0.1, 0.15) is 25.8 Å². The second-order valence-corrected chi connectivity index (χ2v) is 4.92. The number of nitrogens with zero attached hydrogens (tertiary/aromatic N) is 1. The number of amides is 1. The topological polar surface area (TPSA) is 59.9 Å². The molecule has 1 heterocycles. The molecule has 2 atom stereocenters. The van der Waals surface area contributed by atoms with Gasteiger partial charge in [-0.2, -0.15) is 5.10 Å². The van der Waals surface area contributed by atoms with E-state index in [1.54, 1.807) is 0 Å². The van der Waals surface area contributed by atoms with Gasteiger partial charge in [-0.3, -0.25) is 0 Å². The summed E-state index contributed by atoms with van der Waals surface area (Å²) in [7, 11) is 0. The average Bonchev–Trinajstić information content (AvgIpc) is 2.51. The van der Waals surface area contributed by atoms with Crippen molar-refractivity contribution >= 4 is 11.8 Å². The molecule has 1 N–H and O–H groups in total. The maximum atomic E-state index is 11.6. The van der Waals surface area contributed by atoms with Gasteiger partial charge in [0.25, 0.3) is 0 Å². The van der Waals surface area contributed by atoms with Crippen LogP contribution in [-0.2, 0) is 16.1 Å². The normalized spacial score (nSPS) is 21.9. The van der Waals surface area contributed by atoms with E-state index in [0.29, 0.717) is 0 Å². The number of hydrazone groups is 1. The fourth-order valence-corrected chi connectivity index (χ4v) is 1.98. The van der Waals surface area contributed by atoms with E-state index in [1.165, 1.54) is 0 Å². The SMILES string of the molecule is CC(=NNC(=O)OCc1ccccc1)C1CC=CC(C)O1. The van der Waals surface area contributed by atoms with Crippen LogP contribution < -0.4 is 5.43 Å². The van der Waals surface area contributed by atoms with Crippen LogP contribution in [0, 0.1) is 0 Å². The van der Waals surface area contributed by atoms with Crippen molar-refractivity contribution in [3.8, 4) is 0 Å². The number of ether oxygens (including phenoxy) is 2. The highest BCUT2D eigenvalue weighted by atomic mass is 16.6. The molecule has 1 aliphatic heterocycles. The summed E-state index contributed by atoms with van der Waals surface area (Å²) < 4.78 is 10.8. The largest absolute Gasteiger partial charge is 0.443 e. The zero-order valence-corrected chi connectivity index (χ0v) is 12.3. The average molecular weight is 288 g/mol. The summed E-state index contributed by atoms with van der Waals surface area (Å²) in [6.45, 7) is 4.02. The Balaban J connectivity index is 1.77. The quantitative estimate of drug-likeness (QED) is 0.526. The number of carbonyl (C=O) groups excluding carboxylic acids is 1. The molecule has 2 rings (SSSR count). The highest BCUT2D eigenvalue weighted by Crippen LogP contribution is 2.13. The van der Waals surface area contributed by atoms with Gasteiger partial charge in [-0.1, -0.05) is 42.5 Å². The maximum Gasteiger partial charge on any atom is 0.428 e. The minimum Gasteiger partial charge on any atom is -0.443 e. The van der Waals surface area contributed by atoms with E-state index in [4.69, 9.17) is 9.47 Å². The molecule has 1 aliphatic rings. The van der Waals surface area contributed by atoms with Crippen LogP contribution in [0.2, 0.25) is 0 Å².